The summed E-state index contributed by atoms with van der Waals surface area (Å²) in [6.07, 6.45) is 2.54. The maximum absolute atomic E-state index is 11.6. The highest BCUT2D eigenvalue weighted by atomic mass is 16.8. The van der Waals surface area contributed by atoms with Crippen molar-refractivity contribution in [1.82, 2.24) is 5.16 Å². The third kappa shape index (κ3) is 3.80. The van der Waals surface area contributed by atoms with Crippen molar-refractivity contribution < 1.29 is 33.7 Å². The number of aromatic nitrogens is 2. The predicted molar refractivity (Wildman–Crippen MR) is 77.5 cm³/mol. The summed E-state index contributed by atoms with van der Waals surface area (Å²) in [7, 11) is 1.40. The standard InChI is InChI=1S/C14H13N3O7/c1-22-11-6-8(2-4-10(11)18)3-5-12(19)23-7-9-13(14(15)20)17(21)24-16-9/h2-6,18H,7H2,1H3,(H2,15,20). The average Bonchev–Trinajstić information content (AvgIpc) is 2.93. The molecule has 0 bridgehead atoms. The number of benzene rings is 1. The first kappa shape index (κ1) is 16.8. The molecule has 2 aromatic rings. The van der Waals surface area contributed by atoms with E-state index in [0.717, 1.165) is 6.08 Å². The molecule has 1 aromatic carbocycles. The van der Waals surface area contributed by atoms with Crippen LogP contribution >= 0.6 is 0 Å². The van der Waals surface area contributed by atoms with E-state index in [0.29, 0.717) is 5.56 Å². The molecule has 0 radical (unpaired) electrons. The molecule has 3 N–H and O–H groups in total. The van der Waals surface area contributed by atoms with Crippen LogP contribution in [0.5, 0.6) is 11.5 Å². The Hall–Kier alpha value is -3.56. The summed E-state index contributed by atoms with van der Waals surface area (Å²) < 4.78 is 14.0. The van der Waals surface area contributed by atoms with E-state index in [1.54, 1.807) is 6.07 Å². The van der Waals surface area contributed by atoms with Gasteiger partial charge in [0.15, 0.2) is 18.1 Å². The van der Waals surface area contributed by atoms with Crippen molar-refractivity contribution in [2.24, 2.45) is 5.73 Å². The summed E-state index contributed by atoms with van der Waals surface area (Å²) in [5.41, 5.74) is 4.85. The summed E-state index contributed by atoms with van der Waals surface area (Å²) in [4.78, 5) is 22.5. The van der Waals surface area contributed by atoms with Crippen molar-refractivity contribution in [1.29, 1.82) is 0 Å². The number of methoxy groups -OCH3 is 1. The lowest BCUT2D eigenvalue weighted by Gasteiger charge is -2.03. The van der Waals surface area contributed by atoms with E-state index in [2.05, 4.69) is 9.79 Å². The Morgan fingerprint density at radius 1 is 1.50 bits per heavy atom. The fourth-order valence-electron chi connectivity index (χ4n) is 1.75. The number of primary amides is 1. The first-order valence-electron chi connectivity index (χ1n) is 6.52. The summed E-state index contributed by atoms with van der Waals surface area (Å²) >= 11 is 0. The van der Waals surface area contributed by atoms with E-state index in [-0.39, 0.29) is 22.1 Å². The van der Waals surface area contributed by atoms with E-state index in [9.17, 15) is 19.9 Å². The molecule has 0 saturated heterocycles. The normalized spacial score (nSPS) is 10.7. The molecule has 0 aliphatic rings. The van der Waals surface area contributed by atoms with Crippen molar-refractivity contribution >= 4 is 18.0 Å². The molecule has 1 aromatic heterocycles. The molecule has 1 heterocycles. The average molecular weight is 335 g/mol. The van der Waals surface area contributed by atoms with Crippen LogP contribution in [0.25, 0.3) is 6.08 Å². The molecule has 0 saturated carbocycles. The quantitative estimate of drug-likeness (QED) is 0.421. The Morgan fingerprint density at radius 2 is 2.25 bits per heavy atom. The number of carbonyl (C=O) groups is 2. The van der Waals surface area contributed by atoms with Crippen molar-refractivity contribution in [3.05, 3.63) is 46.4 Å². The molecule has 0 aliphatic heterocycles. The van der Waals surface area contributed by atoms with Gasteiger partial charge in [-0.1, -0.05) is 6.07 Å². The Kier molecular flexibility index (Phi) is 5.00. The first-order valence-corrected chi connectivity index (χ1v) is 6.52. The van der Waals surface area contributed by atoms with Crippen LogP contribution in [0.15, 0.2) is 28.9 Å². The molecule has 126 valence electrons. The van der Waals surface area contributed by atoms with Gasteiger partial charge in [0, 0.05) is 11.2 Å². The lowest BCUT2D eigenvalue weighted by molar-refractivity contribution is -0.803. The molecule has 0 atom stereocenters. The lowest BCUT2D eigenvalue weighted by Crippen LogP contribution is -2.35. The highest BCUT2D eigenvalue weighted by molar-refractivity contribution is 5.90. The van der Waals surface area contributed by atoms with E-state index >= 15 is 0 Å². The second kappa shape index (κ2) is 7.13. The maximum atomic E-state index is 11.6. The Bertz CT molecular complexity index is 798. The van der Waals surface area contributed by atoms with Gasteiger partial charge in [-0.2, -0.15) is 0 Å². The van der Waals surface area contributed by atoms with Crippen LogP contribution in [-0.2, 0) is 16.1 Å². The van der Waals surface area contributed by atoms with Gasteiger partial charge < -0.3 is 25.5 Å². The summed E-state index contributed by atoms with van der Waals surface area (Å²) in [6, 6.07) is 4.48. The van der Waals surface area contributed by atoms with Gasteiger partial charge in [0.1, 0.15) is 0 Å². The lowest BCUT2D eigenvalue weighted by atomic mass is 10.2. The van der Waals surface area contributed by atoms with Crippen molar-refractivity contribution in [2.45, 2.75) is 6.61 Å². The van der Waals surface area contributed by atoms with Gasteiger partial charge in [0.25, 0.3) is 17.3 Å². The minimum absolute atomic E-state index is 0.0341. The molecular weight excluding hydrogens is 322 g/mol. The van der Waals surface area contributed by atoms with Gasteiger partial charge in [-0.05, 0) is 28.7 Å². The van der Waals surface area contributed by atoms with Crippen LogP contribution in [-0.4, -0.2) is 29.2 Å². The smallest absolute Gasteiger partial charge is 0.331 e. The van der Waals surface area contributed by atoms with Crippen LogP contribution in [0, 0.1) is 5.21 Å². The number of hydrogen-bond donors (Lipinski definition) is 2. The molecule has 10 nitrogen and oxygen atoms in total. The highest BCUT2D eigenvalue weighted by Crippen LogP contribution is 2.26. The number of phenolic OH excluding ortho intramolecular Hbond substituents is 1. The number of nitrogens with two attached hydrogens (primary N) is 1. The third-order valence-corrected chi connectivity index (χ3v) is 2.88. The highest BCUT2D eigenvalue weighted by Gasteiger charge is 2.25. The number of ether oxygens (including phenoxy) is 2. The number of carbonyl (C=O) groups excluding carboxylic acids is 2. The number of rotatable bonds is 6. The predicted octanol–water partition coefficient (Wildman–Crippen LogP) is -0.122. The van der Waals surface area contributed by atoms with Gasteiger partial charge >= 0.3 is 5.97 Å². The molecule has 0 unspecified atom stereocenters. The molecule has 0 spiro atoms. The van der Waals surface area contributed by atoms with Gasteiger partial charge in [-0.3, -0.25) is 9.42 Å². The zero-order valence-corrected chi connectivity index (χ0v) is 12.5. The minimum Gasteiger partial charge on any atom is -0.504 e. The zero-order chi connectivity index (χ0) is 17.7. The molecule has 10 heteroatoms. The van der Waals surface area contributed by atoms with Gasteiger partial charge in [0.2, 0.25) is 0 Å². The number of hydrogen-bond acceptors (Lipinski definition) is 8. The number of esters is 1. The van der Waals surface area contributed by atoms with Gasteiger partial charge in [0.05, 0.1) is 7.11 Å². The molecular formula is C14H13N3O7. The Morgan fingerprint density at radius 3 is 2.92 bits per heavy atom. The second-order valence-electron chi connectivity index (χ2n) is 4.46. The summed E-state index contributed by atoms with van der Waals surface area (Å²) in [6.45, 7) is -0.459. The fourth-order valence-corrected chi connectivity index (χ4v) is 1.75. The Balaban J connectivity index is 2.00. The first-order chi connectivity index (χ1) is 11.4. The molecule has 0 fully saturated rings. The number of amides is 1. The van der Waals surface area contributed by atoms with Gasteiger partial charge in [-0.25, -0.2) is 4.79 Å². The summed E-state index contributed by atoms with van der Waals surface area (Å²) in [5.74, 6) is -1.59. The monoisotopic (exact) mass is 335 g/mol. The van der Waals surface area contributed by atoms with Crippen molar-refractivity contribution in [3.8, 4) is 11.5 Å². The van der Waals surface area contributed by atoms with Gasteiger partial charge in [-0.15, -0.1) is 0 Å². The molecule has 24 heavy (non-hydrogen) atoms. The van der Waals surface area contributed by atoms with E-state index < -0.39 is 24.2 Å². The largest absolute Gasteiger partial charge is 0.504 e. The number of phenols is 1. The van der Waals surface area contributed by atoms with Crippen LogP contribution in [0.2, 0.25) is 0 Å². The van der Waals surface area contributed by atoms with Crippen LogP contribution in [0.4, 0.5) is 0 Å². The Labute approximate surface area is 135 Å². The third-order valence-electron chi connectivity index (χ3n) is 2.88. The van der Waals surface area contributed by atoms with E-state index in [4.69, 9.17) is 15.2 Å². The molecule has 0 aliphatic carbocycles. The summed E-state index contributed by atoms with van der Waals surface area (Å²) in [5, 5.41) is 23.9. The number of aromatic hydroxyl groups is 1. The van der Waals surface area contributed by atoms with Crippen molar-refractivity contribution in [2.75, 3.05) is 7.11 Å². The minimum atomic E-state index is -1.05. The van der Waals surface area contributed by atoms with E-state index in [1.165, 1.54) is 25.3 Å². The SMILES string of the molecule is COc1cc(C=CC(=O)OCc2no[n+]([O-])c2C(N)=O)ccc1O. The number of nitrogens with zero attached hydrogens (tertiary/aromatic N) is 2. The van der Waals surface area contributed by atoms with Crippen LogP contribution in [0.1, 0.15) is 21.7 Å². The fraction of sp³-hybridized carbons (Fsp3) is 0.143. The second-order valence-corrected chi connectivity index (χ2v) is 4.46. The van der Waals surface area contributed by atoms with Crippen LogP contribution in [0.3, 0.4) is 0 Å². The maximum Gasteiger partial charge on any atom is 0.331 e. The zero-order valence-electron chi connectivity index (χ0n) is 12.5. The van der Waals surface area contributed by atoms with E-state index in [1.807, 2.05) is 0 Å². The topological polar surface area (TPSA) is 152 Å². The molecule has 2 rings (SSSR count). The molecule has 1 amide bonds. The van der Waals surface area contributed by atoms with Crippen molar-refractivity contribution in [3.63, 3.8) is 0 Å². The van der Waals surface area contributed by atoms with Crippen LogP contribution < -0.4 is 15.4 Å².